The molecule has 4 heterocycles. The molecule has 0 aromatic carbocycles. The maximum atomic E-state index is 13.4. The molecule has 8 rings (SSSR count). The van der Waals surface area contributed by atoms with Crippen LogP contribution in [-0.2, 0) is 16.3 Å². The molecule has 2 saturated heterocycles. The van der Waals surface area contributed by atoms with Gasteiger partial charge in [-0.2, -0.15) is 18.3 Å². The van der Waals surface area contributed by atoms with E-state index in [0.717, 1.165) is 38.9 Å². The van der Waals surface area contributed by atoms with Crippen LogP contribution in [0, 0.1) is 17.8 Å². The van der Waals surface area contributed by atoms with Gasteiger partial charge in [-0.05, 0) is 57.2 Å². The van der Waals surface area contributed by atoms with E-state index < -0.39 is 17.6 Å². The van der Waals surface area contributed by atoms with E-state index in [1.807, 2.05) is 10.7 Å². The molecule has 1 spiro atoms. The van der Waals surface area contributed by atoms with E-state index >= 15 is 0 Å². The van der Waals surface area contributed by atoms with Crippen molar-refractivity contribution in [1.82, 2.24) is 24.6 Å². The van der Waals surface area contributed by atoms with Crippen molar-refractivity contribution in [2.75, 3.05) is 45.6 Å². The number of likely N-dealkylation sites (N-methyl/N-ethyl adjacent to an activating group) is 1. The maximum Gasteiger partial charge on any atom is 0.419 e. The summed E-state index contributed by atoms with van der Waals surface area (Å²) in [7, 11) is 2.21. The Morgan fingerprint density at radius 2 is 1.94 bits per heavy atom. The van der Waals surface area contributed by atoms with Crippen LogP contribution in [-0.4, -0.2) is 76.0 Å². The Morgan fingerprint density at radius 3 is 2.57 bits per heavy atom. The van der Waals surface area contributed by atoms with Gasteiger partial charge in [0.05, 0.1) is 30.0 Å². The van der Waals surface area contributed by atoms with Gasteiger partial charge in [-0.15, -0.1) is 0 Å². The molecule has 5 atom stereocenters. The molecule has 6 aliphatic rings. The van der Waals surface area contributed by atoms with Crippen LogP contribution >= 0.6 is 0 Å². The van der Waals surface area contributed by atoms with Crippen LogP contribution in [0.3, 0.4) is 0 Å². The van der Waals surface area contributed by atoms with E-state index in [0.29, 0.717) is 35.1 Å². The Labute approximate surface area is 202 Å². The lowest BCUT2D eigenvalue weighted by atomic mass is 9.91. The van der Waals surface area contributed by atoms with Crippen molar-refractivity contribution in [1.29, 1.82) is 0 Å². The minimum absolute atomic E-state index is 0.121. The average molecular weight is 489 g/mol. The normalized spacial score (nSPS) is 35.4. The summed E-state index contributed by atoms with van der Waals surface area (Å²) in [4.78, 5) is 8.99. The van der Waals surface area contributed by atoms with Gasteiger partial charge in [0.1, 0.15) is 5.82 Å². The number of nitrogens with two attached hydrogens (primary N) is 1. The molecule has 0 amide bonds. The van der Waals surface area contributed by atoms with Gasteiger partial charge in [0.2, 0.25) is 0 Å². The zero-order valence-electron chi connectivity index (χ0n) is 20.2. The molecule has 188 valence electrons. The number of pyridine rings is 1. The Morgan fingerprint density at radius 1 is 1.17 bits per heavy atom. The topological polar surface area (TPSA) is 72.4 Å². The van der Waals surface area contributed by atoms with Gasteiger partial charge in [0.15, 0.2) is 0 Å². The van der Waals surface area contributed by atoms with Gasteiger partial charge in [-0.1, -0.05) is 0 Å². The van der Waals surface area contributed by atoms with Crippen LogP contribution in [0.5, 0.6) is 0 Å². The third-order valence-electron chi connectivity index (χ3n) is 9.66. The molecule has 4 saturated carbocycles. The SMILES string of the molecule is CC(C)n1nc(-c2cnc(N)c(C(F)(F)F)c2)cc1[C@]12C3[C@@H](N4CCN(C)C5(COC5)C4)C[C@@H]1[C@H]32. The second-order valence-corrected chi connectivity index (χ2v) is 11.6. The molecule has 2 aliphatic heterocycles. The number of nitrogens with zero attached hydrogens (tertiary/aromatic N) is 5. The van der Waals surface area contributed by atoms with Crippen LogP contribution in [0.15, 0.2) is 18.3 Å². The summed E-state index contributed by atoms with van der Waals surface area (Å²) in [6.07, 6.45) is -1.95. The molecule has 4 aliphatic carbocycles. The first-order valence-corrected chi connectivity index (χ1v) is 12.5. The van der Waals surface area contributed by atoms with Gasteiger partial charge in [-0.3, -0.25) is 14.5 Å². The highest BCUT2D eigenvalue weighted by Gasteiger charge is 2.93. The first-order chi connectivity index (χ1) is 16.6. The van der Waals surface area contributed by atoms with Crippen LogP contribution in [0.1, 0.15) is 37.6 Å². The van der Waals surface area contributed by atoms with Gasteiger partial charge in [-0.25, -0.2) is 4.98 Å². The molecule has 2 aromatic heterocycles. The van der Waals surface area contributed by atoms with Crippen molar-refractivity contribution in [3.8, 4) is 11.3 Å². The number of alkyl halides is 3. The van der Waals surface area contributed by atoms with E-state index in [4.69, 9.17) is 15.6 Å². The quantitative estimate of drug-likeness (QED) is 0.714. The van der Waals surface area contributed by atoms with Crippen LogP contribution < -0.4 is 5.73 Å². The summed E-state index contributed by atoms with van der Waals surface area (Å²) in [5, 5.41) is 4.79. The van der Waals surface area contributed by atoms with Gasteiger partial charge < -0.3 is 10.5 Å². The number of aromatic nitrogens is 3. The fourth-order valence-electron chi connectivity index (χ4n) is 7.69. The fourth-order valence-corrected chi connectivity index (χ4v) is 7.69. The number of piperazine rings is 1. The zero-order chi connectivity index (χ0) is 24.5. The predicted molar refractivity (Wildman–Crippen MR) is 124 cm³/mol. The van der Waals surface area contributed by atoms with Gasteiger partial charge in [0.25, 0.3) is 0 Å². The minimum atomic E-state index is -4.55. The van der Waals surface area contributed by atoms with Crippen LogP contribution in [0.4, 0.5) is 19.0 Å². The van der Waals surface area contributed by atoms with Crippen molar-refractivity contribution in [2.24, 2.45) is 17.8 Å². The zero-order valence-corrected chi connectivity index (χ0v) is 20.2. The van der Waals surface area contributed by atoms with Crippen LogP contribution in [0.25, 0.3) is 11.3 Å². The second-order valence-electron chi connectivity index (χ2n) is 11.6. The Balaban J connectivity index is 1.19. The van der Waals surface area contributed by atoms with E-state index in [1.165, 1.54) is 18.3 Å². The van der Waals surface area contributed by atoms with E-state index in [2.05, 4.69) is 35.7 Å². The average Bonchev–Trinajstić information content (AvgIpc) is 3.33. The number of ether oxygens (including phenoxy) is 1. The fraction of sp³-hybridized carbons (Fsp3) is 0.680. The molecule has 2 aromatic rings. The van der Waals surface area contributed by atoms with E-state index in [-0.39, 0.29) is 17.0 Å². The largest absolute Gasteiger partial charge is 0.419 e. The van der Waals surface area contributed by atoms with E-state index in [9.17, 15) is 13.2 Å². The monoisotopic (exact) mass is 488 g/mol. The number of hydrogen-bond acceptors (Lipinski definition) is 6. The second kappa shape index (κ2) is 6.77. The number of anilines is 1. The first kappa shape index (κ1) is 22.1. The Kier molecular flexibility index (Phi) is 4.27. The van der Waals surface area contributed by atoms with Gasteiger partial charge in [0, 0.05) is 54.6 Å². The highest BCUT2D eigenvalue weighted by Crippen LogP contribution is 2.91. The molecular weight excluding hydrogens is 457 g/mol. The number of rotatable bonds is 4. The molecule has 1 unspecified atom stereocenters. The third-order valence-corrected chi connectivity index (χ3v) is 9.66. The number of halogens is 3. The summed E-state index contributed by atoms with van der Waals surface area (Å²) in [5.74, 6) is 1.45. The molecular formula is C25H31F3N6O. The first-order valence-electron chi connectivity index (χ1n) is 12.5. The van der Waals surface area contributed by atoms with Gasteiger partial charge >= 0.3 is 6.18 Å². The maximum absolute atomic E-state index is 13.4. The lowest BCUT2D eigenvalue weighted by Crippen LogP contribution is -2.71. The summed E-state index contributed by atoms with van der Waals surface area (Å²) in [6.45, 7) is 9.00. The van der Waals surface area contributed by atoms with E-state index in [1.54, 1.807) is 0 Å². The highest BCUT2D eigenvalue weighted by molar-refractivity contribution is 5.65. The molecule has 0 radical (unpaired) electrons. The van der Waals surface area contributed by atoms with Crippen molar-refractivity contribution in [3.05, 3.63) is 29.6 Å². The molecule has 6 fully saturated rings. The molecule has 35 heavy (non-hydrogen) atoms. The lowest BCUT2D eigenvalue weighted by molar-refractivity contribution is -0.166. The number of fused-ring (bicyclic) bond motifs is 1. The highest BCUT2D eigenvalue weighted by atomic mass is 19.4. The number of nitrogen functional groups attached to an aromatic ring is 1. The van der Waals surface area contributed by atoms with Crippen molar-refractivity contribution < 1.29 is 17.9 Å². The predicted octanol–water partition coefficient (Wildman–Crippen LogP) is 3.03. The summed E-state index contributed by atoms with van der Waals surface area (Å²) in [5.41, 5.74) is 7.01. The molecule has 2 bridgehead atoms. The smallest absolute Gasteiger partial charge is 0.383 e. The van der Waals surface area contributed by atoms with Crippen LogP contribution in [0.2, 0.25) is 0 Å². The molecule has 10 heteroatoms. The summed E-state index contributed by atoms with van der Waals surface area (Å²) >= 11 is 0. The van der Waals surface area contributed by atoms with Crippen molar-refractivity contribution >= 4 is 5.82 Å². The Bertz CT molecular complexity index is 1200. The van der Waals surface area contributed by atoms with Crippen molar-refractivity contribution in [2.45, 2.75) is 49.5 Å². The molecule has 7 nitrogen and oxygen atoms in total. The summed E-state index contributed by atoms with van der Waals surface area (Å²) in [6, 6.07) is 3.80. The van der Waals surface area contributed by atoms with Crippen molar-refractivity contribution in [3.63, 3.8) is 0 Å². The third kappa shape index (κ3) is 2.79. The lowest BCUT2D eigenvalue weighted by Gasteiger charge is -2.55. The number of hydrogen-bond donors (Lipinski definition) is 1. The Hall–Kier alpha value is -2.17. The summed E-state index contributed by atoms with van der Waals surface area (Å²) < 4.78 is 48.0. The molecule has 2 N–H and O–H groups in total. The minimum Gasteiger partial charge on any atom is -0.383 e. The standard InChI is InChI=1S/C25H31F3N6O/c1-13(2)34-19(8-17(31-34)14-6-16(25(26,27)28)22(29)30-9-14)24-15-7-18(21(24)20(15)24)33-5-4-32(3)23(10-33)11-35-12-23/h6,8-9,13,15,18,20-21H,4-5,7,10-12H2,1-3H3,(H2,29,30)/t15-,18+,20-,21?,24-/m1/s1.